The van der Waals surface area contributed by atoms with Crippen molar-refractivity contribution in [1.82, 2.24) is 5.09 Å². The van der Waals surface area contributed by atoms with Gasteiger partial charge in [0.05, 0.1) is 18.1 Å². The molecular formula is C29H30NO3P. The highest BCUT2D eigenvalue weighted by Crippen LogP contribution is 2.46. The minimum absolute atomic E-state index is 0.284. The van der Waals surface area contributed by atoms with Gasteiger partial charge in [0.1, 0.15) is 0 Å². The van der Waals surface area contributed by atoms with Gasteiger partial charge < -0.3 is 4.74 Å². The van der Waals surface area contributed by atoms with Gasteiger partial charge in [0.25, 0.3) is 0 Å². The molecule has 0 aliphatic carbocycles. The van der Waals surface area contributed by atoms with Crippen LogP contribution in [-0.2, 0) is 19.6 Å². The van der Waals surface area contributed by atoms with Crippen molar-refractivity contribution in [2.45, 2.75) is 26.3 Å². The summed E-state index contributed by atoms with van der Waals surface area (Å²) in [5.74, 6) is -0.937. The van der Waals surface area contributed by atoms with E-state index in [2.05, 4.69) is 17.2 Å². The number of esters is 1. The van der Waals surface area contributed by atoms with Crippen LogP contribution in [0.2, 0.25) is 0 Å². The minimum atomic E-state index is -3.34. The molecule has 4 rings (SSSR count). The predicted octanol–water partition coefficient (Wildman–Crippen LogP) is 5.77. The van der Waals surface area contributed by atoms with Gasteiger partial charge in [-0.2, -0.15) is 0 Å². The molecule has 2 atom stereocenters. The van der Waals surface area contributed by atoms with Crippen molar-refractivity contribution in [2.24, 2.45) is 5.92 Å². The zero-order chi connectivity index (χ0) is 24.2. The highest BCUT2D eigenvalue weighted by atomic mass is 31.2. The molecule has 0 spiro atoms. The van der Waals surface area contributed by atoms with Crippen molar-refractivity contribution < 1.29 is 14.1 Å². The molecule has 0 fully saturated rings. The lowest BCUT2D eigenvalue weighted by Crippen LogP contribution is -2.49. The lowest BCUT2D eigenvalue weighted by molar-refractivity contribution is -0.150. The van der Waals surface area contributed by atoms with E-state index in [4.69, 9.17) is 4.74 Å². The summed E-state index contributed by atoms with van der Waals surface area (Å²) in [6.07, 6.45) is 0. The van der Waals surface area contributed by atoms with E-state index in [0.29, 0.717) is 10.6 Å². The normalized spacial score (nSPS) is 14.3. The maximum absolute atomic E-state index is 14.9. The van der Waals surface area contributed by atoms with Crippen LogP contribution in [0.3, 0.4) is 0 Å². The molecule has 4 aromatic rings. The van der Waals surface area contributed by atoms with Crippen molar-refractivity contribution in [3.05, 3.63) is 109 Å². The van der Waals surface area contributed by atoms with E-state index in [1.807, 2.05) is 105 Å². The Bertz CT molecular complexity index is 1280. The number of fused-ring (bicyclic) bond motifs is 1. The average Bonchev–Trinajstić information content (AvgIpc) is 2.89. The Morgan fingerprint density at radius 1 is 0.853 bits per heavy atom. The Morgan fingerprint density at radius 2 is 1.38 bits per heavy atom. The maximum Gasteiger partial charge on any atom is 0.310 e. The first-order valence-corrected chi connectivity index (χ1v) is 13.3. The Labute approximate surface area is 201 Å². The molecule has 0 amide bonds. The quantitative estimate of drug-likeness (QED) is 0.262. The van der Waals surface area contributed by atoms with Crippen LogP contribution < -0.4 is 15.7 Å². The van der Waals surface area contributed by atoms with E-state index < -0.39 is 18.7 Å². The van der Waals surface area contributed by atoms with E-state index in [1.54, 1.807) is 6.92 Å². The van der Waals surface area contributed by atoms with E-state index in [-0.39, 0.29) is 12.6 Å². The first-order valence-electron chi connectivity index (χ1n) is 11.5. The van der Waals surface area contributed by atoms with Crippen molar-refractivity contribution in [3.8, 4) is 0 Å². The zero-order valence-corrected chi connectivity index (χ0v) is 20.7. The van der Waals surface area contributed by atoms with Crippen molar-refractivity contribution in [1.29, 1.82) is 0 Å². The fraction of sp³-hybridized carbons (Fsp3) is 0.207. The van der Waals surface area contributed by atoms with Gasteiger partial charge in [-0.1, -0.05) is 72.8 Å². The van der Waals surface area contributed by atoms with Gasteiger partial charge in [-0.05, 0) is 67.4 Å². The average molecular weight is 472 g/mol. The monoisotopic (exact) mass is 471 g/mol. The molecule has 4 nitrogen and oxygen atoms in total. The molecule has 4 aromatic carbocycles. The smallest absolute Gasteiger partial charge is 0.310 e. The highest BCUT2D eigenvalue weighted by Gasteiger charge is 2.44. The summed E-state index contributed by atoms with van der Waals surface area (Å²) in [7, 11) is -3.34. The molecule has 0 aromatic heterocycles. The van der Waals surface area contributed by atoms with Gasteiger partial charge in [0.15, 0.2) is 0 Å². The second-order valence-corrected chi connectivity index (χ2v) is 11.1. The SMILES string of the molecule is CCOC(=O)[C@@H](C)[C@](C)(NP(=O)(c1ccccc1)c1ccccc1)c1ccc2ccccc2c1. The van der Waals surface area contributed by atoms with Crippen molar-refractivity contribution in [3.63, 3.8) is 0 Å². The van der Waals surface area contributed by atoms with Gasteiger partial charge in [0, 0.05) is 10.6 Å². The molecule has 34 heavy (non-hydrogen) atoms. The molecule has 174 valence electrons. The fourth-order valence-corrected chi connectivity index (χ4v) is 7.02. The van der Waals surface area contributed by atoms with Gasteiger partial charge in [-0.25, -0.2) is 5.09 Å². The standard InChI is InChI=1S/C29H30NO3P/c1-4-33-28(31)22(2)29(3,25-20-19-23-13-11-12-14-24(23)21-25)30-34(32,26-15-7-5-8-16-26)27-17-9-6-10-18-27/h5-22H,4H2,1-3H3,(H,30,32)/t22-,29+/m1/s1. The Balaban J connectivity index is 1.91. The number of carbonyl (C=O) groups is 1. The largest absolute Gasteiger partial charge is 0.466 e. The second-order valence-electron chi connectivity index (χ2n) is 8.63. The molecule has 0 bridgehead atoms. The van der Waals surface area contributed by atoms with Crippen LogP contribution in [0.4, 0.5) is 0 Å². The summed E-state index contributed by atoms with van der Waals surface area (Å²) < 4.78 is 20.3. The highest BCUT2D eigenvalue weighted by molar-refractivity contribution is 7.77. The molecule has 0 saturated carbocycles. The lowest BCUT2D eigenvalue weighted by Gasteiger charge is -2.39. The molecule has 0 saturated heterocycles. The molecular weight excluding hydrogens is 441 g/mol. The number of nitrogens with one attached hydrogen (secondary N) is 1. The number of ether oxygens (including phenoxy) is 1. The predicted molar refractivity (Wildman–Crippen MR) is 140 cm³/mol. The van der Waals surface area contributed by atoms with Crippen molar-refractivity contribution in [2.75, 3.05) is 6.61 Å². The number of hydrogen-bond donors (Lipinski definition) is 1. The number of carbonyl (C=O) groups excluding carboxylic acids is 1. The Morgan fingerprint density at radius 3 is 1.94 bits per heavy atom. The topological polar surface area (TPSA) is 55.4 Å². The first-order chi connectivity index (χ1) is 16.4. The van der Waals surface area contributed by atoms with Gasteiger partial charge in [-0.3, -0.25) is 9.36 Å². The van der Waals surface area contributed by atoms with Crippen LogP contribution in [0.25, 0.3) is 10.8 Å². The summed E-state index contributed by atoms with van der Waals surface area (Å²) in [6.45, 7) is 5.86. The number of hydrogen-bond acceptors (Lipinski definition) is 3. The summed E-state index contributed by atoms with van der Waals surface area (Å²) >= 11 is 0. The Kier molecular flexibility index (Phi) is 7.02. The fourth-order valence-electron chi connectivity index (χ4n) is 4.31. The molecule has 0 unspecified atom stereocenters. The zero-order valence-electron chi connectivity index (χ0n) is 19.8. The van der Waals surface area contributed by atoms with E-state index in [1.165, 1.54) is 0 Å². The molecule has 1 N–H and O–H groups in total. The summed E-state index contributed by atoms with van der Waals surface area (Å²) in [4.78, 5) is 13.0. The van der Waals surface area contributed by atoms with Gasteiger partial charge in [-0.15, -0.1) is 0 Å². The van der Waals surface area contributed by atoms with Crippen LogP contribution in [0, 0.1) is 5.92 Å². The third-order valence-corrected chi connectivity index (χ3v) is 9.31. The van der Waals surface area contributed by atoms with E-state index in [9.17, 15) is 9.36 Å². The number of rotatable bonds is 8. The van der Waals surface area contributed by atoms with Crippen molar-refractivity contribution >= 4 is 34.6 Å². The summed E-state index contributed by atoms with van der Waals surface area (Å²) in [5, 5.41) is 7.04. The van der Waals surface area contributed by atoms with Crippen LogP contribution in [0.1, 0.15) is 26.3 Å². The van der Waals surface area contributed by atoms with Gasteiger partial charge in [0.2, 0.25) is 7.29 Å². The van der Waals surface area contributed by atoms with Crippen LogP contribution in [0.5, 0.6) is 0 Å². The third kappa shape index (κ3) is 4.57. The number of benzene rings is 4. The van der Waals surface area contributed by atoms with Crippen LogP contribution in [-0.4, -0.2) is 12.6 Å². The van der Waals surface area contributed by atoms with E-state index in [0.717, 1.165) is 16.3 Å². The summed E-state index contributed by atoms with van der Waals surface area (Å²) in [5.41, 5.74) is -0.101. The molecule has 0 radical (unpaired) electrons. The third-order valence-electron chi connectivity index (χ3n) is 6.48. The molecule has 0 aliphatic rings. The van der Waals surface area contributed by atoms with Crippen LogP contribution >= 0.6 is 7.29 Å². The minimum Gasteiger partial charge on any atom is -0.466 e. The first kappa shape index (κ1) is 23.9. The lowest BCUT2D eigenvalue weighted by atomic mass is 9.81. The second kappa shape index (κ2) is 9.97. The molecule has 0 aliphatic heterocycles. The van der Waals surface area contributed by atoms with Gasteiger partial charge >= 0.3 is 5.97 Å². The molecule has 0 heterocycles. The Hall–Kier alpha value is -3.20. The summed E-state index contributed by atoms with van der Waals surface area (Å²) in [6, 6.07) is 33.0. The molecule has 5 heteroatoms. The van der Waals surface area contributed by atoms with Crippen LogP contribution in [0.15, 0.2) is 103 Å². The maximum atomic E-state index is 14.9. The van der Waals surface area contributed by atoms with E-state index >= 15 is 0 Å².